The Kier molecular flexibility index (Phi) is 8.66. The molecule has 142 valence electrons. The quantitative estimate of drug-likeness (QED) is 0.390. The zero-order valence-corrected chi connectivity index (χ0v) is 16.3. The Bertz CT molecular complexity index is 649. The standard InChI is InChI=1S/C20H32N6/c1-4-17(3)24-20(21-13-9-12-18-10-7-6-8-11-18)22-14-15-26-16-23-25-19(26)5-2/h6-8,10-11,16-17H,4-5,9,12-15H2,1-3H3,(H2,21,22,24). The molecule has 2 aromatic rings. The fraction of sp³-hybridized carbons (Fsp3) is 0.550. The molecular weight excluding hydrogens is 324 g/mol. The van der Waals surface area contributed by atoms with Gasteiger partial charge in [-0.2, -0.15) is 0 Å². The van der Waals surface area contributed by atoms with E-state index in [-0.39, 0.29) is 0 Å². The van der Waals surface area contributed by atoms with Crippen LogP contribution in [0.2, 0.25) is 0 Å². The summed E-state index contributed by atoms with van der Waals surface area (Å²) in [5.74, 6) is 1.90. The van der Waals surface area contributed by atoms with Crippen molar-refractivity contribution in [2.75, 3.05) is 13.1 Å². The van der Waals surface area contributed by atoms with E-state index in [0.29, 0.717) is 6.04 Å². The normalized spacial score (nSPS) is 12.8. The molecule has 0 aliphatic carbocycles. The van der Waals surface area contributed by atoms with Crippen molar-refractivity contribution in [3.05, 3.63) is 48.0 Å². The average molecular weight is 357 g/mol. The molecular formula is C20H32N6. The lowest BCUT2D eigenvalue weighted by molar-refractivity contribution is 0.598. The van der Waals surface area contributed by atoms with Crippen LogP contribution in [0.5, 0.6) is 0 Å². The van der Waals surface area contributed by atoms with Crippen molar-refractivity contribution in [2.45, 2.75) is 59.0 Å². The van der Waals surface area contributed by atoms with Gasteiger partial charge in [0, 0.05) is 32.1 Å². The lowest BCUT2D eigenvalue weighted by atomic mass is 10.1. The zero-order chi connectivity index (χ0) is 18.6. The van der Waals surface area contributed by atoms with Gasteiger partial charge in [0.25, 0.3) is 0 Å². The van der Waals surface area contributed by atoms with E-state index in [0.717, 1.165) is 57.1 Å². The summed E-state index contributed by atoms with van der Waals surface area (Å²) in [6.45, 7) is 8.89. The topological polar surface area (TPSA) is 67.1 Å². The summed E-state index contributed by atoms with van der Waals surface area (Å²) in [7, 11) is 0. The average Bonchev–Trinajstić information content (AvgIpc) is 3.13. The first-order valence-electron chi connectivity index (χ1n) is 9.68. The largest absolute Gasteiger partial charge is 0.355 e. The van der Waals surface area contributed by atoms with Gasteiger partial charge in [-0.25, -0.2) is 0 Å². The van der Waals surface area contributed by atoms with Crippen LogP contribution in [-0.4, -0.2) is 39.9 Å². The summed E-state index contributed by atoms with van der Waals surface area (Å²) in [5, 5.41) is 15.0. The summed E-state index contributed by atoms with van der Waals surface area (Å²) >= 11 is 0. The van der Waals surface area contributed by atoms with E-state index in [9.17, 15) is 0 Å². The molecule has 1 atom stereocenters. The summed E-state index contributed by atoms with van der Waals surface area (Å²) in [6, 6.07) is 11.0. The number of aliphatic imine (C=N–C) groups is 1. The fourth-order valence-corrected chi connectivity index (χ4v) is 2.64. The molecule has 1 aromatic carbocycles. The molecule has 2 N–H and O–H groups in total. The molecule has 0 aliphatic heterocycles. The molecule has 1 unspecified atom stereocenters. The van der Waals surface area contributed by atoms with Gasteiger partial charge in [-0.3, -0.25) is 4.99 Å². The second-order valence-electron chi connectivity index (χ2n) is 6.49. The van der Waals surface area contributed by atoms with E-state index in [4.69, 9.17) is 4.99 Å². The van der Waals surface area contributed by atoms with Crippen LogP contribution < -0.4 is 10.6 Å². The number of guanidine groups is 1. The molecule has 1 heterocycles. The molecule has 1 aromatic heterocycles. The molecule has 0 aliphatic rings. The van der Waals surface area contributed by atoms with Crippen LogP contribution in [-0.2, 0) is 19.4 Å². The first-order chi connectivity index (χ1) is 12.7. The van der Waals surface area contributed by atoms with Gasteiger partial charge in [0.1, 0.15) is 12.2 Å². The van der Waals surface area contributed by atoms with E-state index >= 15 is 0 Å². The van der Waals surface area contributed by atoms with Gasteiger partial charge < -0.3 is 15.2 Å². The highest BCUT2D eigenvalue weighted by molar-refractivity contribution is 5.80. The number of hydrogen-bond acceptors (Lipinski definition) is 3. The SMILES string of the molecule is CCc1nncn1CCNC(=NCCCc1ccccc1)NC(C)CC. The second kappa shape index (κ2) is 11.3. The minimum absolute atomic E-state index is 0.400. The number of aryl methyl sites for hydroxylation is 2. The third-order valence-corrected chi connectivity index (χ3v) is 4.39. The number of aromatic nitrogens is 3. The third-order valence-electron chi connectivity index (χ3n) is 4.39. The maximum atomic E-state index is 4.74. The van der Waals surface area contributed by atoms with Crippen LogP contribution in [0.15, 0.2) is 41.7 Å². The summed E-state index contributed by atoms with van der Waals surface area (Å²) in [6.07, 6.45) is 5.85. The number of nitrogens with one attached hydrogen (secondary N) is 2. The van der Waals surface area contributed by atoms with E-state index in [2.05, 4.69) is 76.5 Å². The van der Waals surface area contributed by atoms with Crippen molar-refractivity contribution in [3.63, 3.8) is 0 Å². The molecule has 0 spiro atoms. The third kappa shape index (κ3) is 6.86. The first kappa shape index (κ1) is 19.9. The predicted molar refractivity (Wildman–Crippen MR) is 107 cm³/mol. The van der Waals surface area contributed by atoms with Gasteiger partial charge >= 0.3 is 0 Å². The van der Waals surface area contributed by atoms with Gasteiger partial charge in [0.05, 0.1) is 0 Å². The molecule has 0 fully saturated rings. The zero-order valence-electron chi connectivity index (χ0n) is 16.3. The molecule has 0 saturated carbocycles. The Morgan fingerprint density at radius 2 is 2.04 bits per heavy atom. The molecule has 0 saturated heterocycles. The minimum atomic E-state index is 0.400. The van der Waals surface area contributed by atoms with Crippen LogP contribution >= 0.6 is 0 Å². The van der Waals surface area contributed by atoms with Crippen molar-refractivity contribution < 1.29 is 0 Å². The second-order valence-corrected chi connectivity index (χ2v) is 6.49. The maximum absolute atomic E-state index is 4.74. The Morgan fingerprint density at radius 1 is 1.23 bits per heavy atom. The highest BCUT2D eigenvalue weighted by Crippen LogP contribution is 2.02. The summed E-state index contributed by atoms with van der Waals surface area (Å²) in [5.41, 5.74) is 1.37. The van der Waals surface area contributed by atoms with Crippen molar-refractivity contribution in [1.29, 1.82) is 0 Å². The smallest absolute Gasteiger partial charge is 0.191 e. The van der Waals surface area contributed by atoms with Gasteiger partial charge in [-0.1, -0.05) is 44.2 Å². The molecule has 26 heavy (non-hydrogen) atoms. The highest BCUT2D eigenvalue weighted by Gasteiger charge is 2.05. The van der Waals surface area contributed by atoms with Crippen molar-refractivity contribution in [3.8, 4) is 0 Å². The maximum Gasteiger partial charge on any atom is 0.191 e. The lowest BCUT2D eigenvalue weighted by Crippen LogP contribution is -2.43. The van der Waals surface area contributed by atoms with Crippen LogP contribution in [0.25, 0.3) is 0 Å². The van der Waals surface area contributed by atoms with E-state index in [1.54, 1.807) is 6.33 Å². The summed E-state index contributed by atoms with van der Waals surface area (Å²) in [4.78, 5) is 4.74. The van der Waals surface area contributed by atoms with Crippen molar-refractivity contribution in [2.24, 2.45) is 4.99 Å². The number of rotatable bonds is 10. The minimum Gasteiger partial charge on any atom is -0.355 e. The predicted octanol–water partition coefficient (Wildman–Crippen LogP) is 2.81. The van der Waals surface area contributed by atoms with Gasteiger partial charge in [0.2, 0.25) is 0 Å². The monoisotopic (exact) mass is 356 g/mol. The molecule has 2 rings (SSSR count). The Morgan fingerprint density at radius 3 is 2.77 bits per heavy atom. The Balaban J connectivity index is 1.81. The van der Waals surface area contributed by atoms with Crippen LogP contribution in [0, 0.1) is 0 Å². The van der Waals surface area contributed by atoms with Gasteiger partial charge in [-0.15, -0.1) is 10.2 Å². The highest BCUT2D eigenvalue weighted by atomic mass is 15.3. The van der Waals surface area contributed by atoms with E-state index in [1.807, 2.05) is 0 Å². The Labute approximate surface area is 157 Å². The number of hydrogen-bond donors (Lipinski definition) is 2. The molecule has 6 nitrogen and oxygen atoms in total. The van der Waals surface area contributed by atoms with Gasteiger partial charge in [0.15, 0.2) is 5.96 Å². The number of benzene rings is 1. The van der Waals surface area contributed by atoms with Crippen LogP contribution in [0.4, 0.5) is 0 Å². The number of nitrogens with zero attached hydrogens (tertiary/aromatic N) is 4. The molecule has 0 bridgehead atoms. The fourth-order valence-electron chi connectivity index (χ4n) is 2.64. The molecule has 0 radical (unpaired) electrons. The lowest BCUT2D eigenvalue weighted by Gasteiger charge is -2.17. The van der Waals surface area contributed by atoms with Crippen LogP contribution in [0.3, 0.4) is 0 Å². The first-order valence-corrected chi connectivity index (χ1v) is 9.68. The van der Waals surface area contributed by atoms with Crippen LogP contribution in [0.1, 0.15) is 45.0 Å². The van der Waals surface area contributed by atoms with Gasteiger partial charge in [-0.05, 0) is 31.7 Å². The molecule has 0 amide bonds. The Hall–Kier alpha value is -2.37. The van der Waals surface area contributed by atoms with Crippen molar-refractivity contribution >= 4 is 5.96 Å². The molecule has 6 heteroatoms. The van der Waals surface area contributed by atoms with Crippen molar-refractivity contribution in [1.82, 2.24) is 25.4 Å². The van der Waals surface area contributed by atoms with E-state index in [1.165, 1.54) is 5.56 Å². The van der Waals surface area contributed by atoms with E-state index < -0.39 is 0 Å². The summed E-state index contributed by atoms with van der Waals surface area (Å²) < 4.78 is 2.09.